The van der Waals surface area contributed by atoms with Gasteiger partial charge in [0.15, 0.2) is 0 Å². The van der Waals surface area contributed by atoms with Gasteiger partial charge in [0.2, 0.25) is 10.0 Å². The number of hydrogen-bond donors (Lipinski definition) is 1. The fourth-order valence-electron chi connectivity index (χ4n) is 1.49. The van der Waals surface area contributed by atoms with E-state index in [-0.39, 0.29) is 6.61 Å². The third-order valence-corrected chi connectivity index (χ3v) is 3.77. The molecule has 5 nitrogen and oxygen atoms in total. The van der Waals surface area contributed by atoms with E-state index in [0.717, 1.165) is 12.1 Å². The summed E-state index contributed by atoms with van der Waals surface area (Å²) in [7, 11) is -2.76. The molecule has 0 fully saturated rings. The summed E-state index contributed by atoms with van der Waals surface area (Å²) >= 11 is 0. The second-order valence-corrected chi connectivity index (χ2v) is 5.65. The largest absolute Gasteiger partial charge is 0.573 e. The molecule has 0 radical (unpaired) electrons. The highest BCUT2D eigenvalue weighted by Crippen LogP contribution is 2.29. The molecule has 1 aromatic rings. The van der Waals surface area contributed by atoms with E-state index >= 15 is 0 Å². The van der Waals surface area contributed by atoms with Crippen molar-refractivity contribution in [1.29, 1.82) is 0 Å². The van der Waals surface area contributed by atoms with Crippen LogP contribution in [0.1, 0.15) is 6.92 Å². The quantitative estimate of drug-likeness (QED) is 0.871. The number of benzene rings is 1. The van der Waals surface area contributed by atoms with Crippen LogP contribution in [-0.2, 0) is 14.8 Å². The lowest BCUT2D eigenvalue weighted by atomic mass is 10.3. The summed E-state index contributed by atoms with van der Waals surface area (Å²) in [6.45, 7) is 1.61. The minimum absolute atomic E-state index is 0.0848. The van der Waals surface area contributed by atoms with Crippen LogP contribution in [0.25, 0.3) is 0 Å². The summed E-state index contributed by atoms with van der Waals surface area (Å²) in [4.78, 5) is -0.583. The summed E-state index contributed by atoms with van der Waals surface area (Å²) in [6.07, 6.45) is -4.97. The van der Waals surface area contributed by atoms with Gasteiger partial charge in [0.05, 0.1) is 6.61 Å². The Labute approximate surface area is 114 Å². The van der Waals surface area contributed by atoms with Gasteiger partial charge in [-0.1, -0.05) is 12.1 Å². The van der Waals surface area contributed by atoms with Gasteiger partial charge in [-0.25, -0.2) is 13.1 Å². The monoisotopic (exact) mass is 313 g/mol. The topological polar surface area (TPSA) is 64.6 Å². The van der Waals surface area contributed by atoms with E-state index in [1.165, 1.54) is 26.2 Å². The summed E-state index contributed by atoms with van der Waals surface area (Å²) in [6, 6.07) is 3.92. The van der Waals surface area contributed by atoms with Gasteiger partial charge in [-0.05, 0) is 19.1 Å². The predicted octanol–water partition coefficient (Wildman–Crippen LogP) is 1.90. The molecule has 0 aliphatic carbocycles. The van der Waals surface area contributed by atoms with Crippen LogP contribution in [0, 0.1) is 0 Å². The van der Waals surface area contributed by atoms with E-state index in [0.29, 0.717) is 0 Å². The highest BCUT2D eigenvalue weighted by Gasteiger charge is 2.34. The summed E-state index contributed by atoms with van der Waals surface area (Å²) in [5.74, 6) is -0.780. The molecule has 9 heteroatoms. The molecule has 0 aromatic heterocycles. The molecule has 1 aromatic carbocycles. The number of methoxy groups -OCH3 is 1. The normalized spacial score (nSPS) is 14.1. The SMILES string of the molecule is COCC(C)NS(=O)(=O)c1ccccc1OC(F)(F)F. The van der Waals surface area contributed by atoms with E-state index in [2.05, 4.69) is 9.46 Å². The zero-order chi connectivity index (χ0) is 15.4. The number of ether oxygens (including phenoxy) is 2. The Morgan fingerprint density at radius 1 is 1.30 bits per heavy atom. The van der Waals surface area contributed by atoms with Crippen LogP contribution in [-0.4, -0.2) is 34.5 Å². The predicted molar refractivity (Wildman–Crippen MR) is 64.8 cm³/mol. The van der Waals surface area contributed by atoms with Crippen LogP contribution in [0.15, 0.2) is 29.2 Å². The molecule has 114 valence electrons. The Balaban J connectivity index is 3.06. The van der Waals surface area contributed by atoms with Gasteiger partial charge >= 0.3 is 6.36 Å². The lowest BCUT2D eigenvalue weighted by Crippen LogP contribution is -2.36. The third kappa shape index (κ3) is 4.99. The Morgan fingerprint density at radius 3 is 2.45 bits per heavy atom. The molecule has 1 N–H and O–H groups in total. The Morgan fingerprint density at radius 2 is 1.90 bits per heavy atom. The standard InChI is InChI=1S/C11H14F3NO4S/c1-8(7-18-2)15-20(16,17)10-6-4-3-5-9(10)19-11(12,13)14/h3-6,8,15H,7H2,1-2H3. The fraction of sp³-hybridized carbons (Fsp3) is 0.455. The number of halogens is 3. The molecule has 0 bridgehead atoms. The minimum atomic E-state index is -4.97. The van der Waals surface area contributed by atoms with Crippen LogP contribution in [0.5, 0.6) is 5.75 Å². The maximum absolute atomic E-state index is 12.2. The van der Waals surface area contributed by atoms with Crippen LogP contribution in [0.3, 0.4) is 0 Å². The molecule has 0 aliphatic rings. The molecule has 20 heavy (non-hydrogen) atoms. The van der Waals surface area contributed by atoms with Crippen molar-refractivity contribution < 1.29 is 31.1 Å². The third-order valence-electron chi connectivity index (χ3n) is 2.14. The molecular formula is C11H14F3NO4S. The lowest BCUT2D eigenvalue weighted by molar-refractivity contribution is -0.275. The van der Waals surface area contributed by atoms with E-state index in [9.17, 15) is 21.6 Å². The molecular weight excluding hydrogens is 299 g/mol. The molecule has 0 spiro atoms. The van der Waals surface area contributed by atoms with Crippen molar-refractivity contribution >= 4 is 10.0 Å². The van der Waals surface area contributed by atoms with Gasteiger partial charge in [0.25, 0.3) is 0 Å². The van der Waals surface area contributed by atoms with E-state index in [1.807, 2.05) is 0 Å². The van der Waals surface area contributed by atoms with Gasteiger partial charge < -0.3 is 9.47 Å². The number of para-hydroxylation sites is 1. The molecule has 1 unspecified atom stereocenters. The van der Waals surface area contributed by atoms with Gasteiger partial charge in [0, 0.05) is 13.2 Å². The highest BCUT2D eigenvalue weighted by atomic mass is 32.2. The Bertz CT molecular complexity index is 545. The van der Waals surface area contributed by atoms with Gasteiger partial charge in [-0.2, -0.15) is 0 Å². The summed E-state index contributed by atoms with van der Waals surface area (Å²) in [5, 5.41) is 0. The maximum Gasteiger partial charge on any atom is 0.573 e. The van der Waals surface area contributed by atoms with Crippen molar-refractivity contribution in [3.63, 3.8) is 0 Å². The Hall–Kier alpha value is -1.32. The maximum atomic E-state index is 12.2. The zero-order valence-electron chi connectivity index (χ0n) is 10.8. The van der Waals surface area contributed by atoms with E-state index < -0.39 is 33.1 Å². The van der Waals surface area contributed by atoms with Crippen LogP contribution in [0.4, 0.5) is 13.2 Å². The highest BCUT2D eigenvalue weighted by molar-refractivity contribution is 7.89. The molecule has 0 saturated carbocycles. The number of sulfonamides is 1. The van der Waals surface area contributed by atoms with Crippen molar-refractivity contribution in [2.75, 3.05) is 13.7 Å². The summed E-state index contributed by atoms with van der Waals surface area (Å²) < 4.78 is 71.4. The van der Waals surface area contributed by atoms with Crippen LogP contribution in [0.2, 0.25) is 0 Å². The van der Waals surface area contributed by atoms with Crippen molar-refractivity contribution in [3.8, 4) is 5.75 Å². The smallest absolute Gasteiger partial charge is 0.404 e. The second kappa shape index (κ2) is 6.42. The van der Waals surface area contributed by atoms with Gasteiger partial charge in [-0.3, -0.25) is 0 Å². The van der Waals surface area contributed by atoms with Crippen molar-refractivity contribution in [1.82, 2.24) is 4.72 Å². The molecule has 1 atom stereocenters. The van der Waals surface area contributed by atoms with Crippen LogP contribution >= 0.6 is 0 Å². The molecule has 1 rings (SSSR count). The van der Waals surface area contributed by atoms with Gasteiger partial charge in [-0.15, -0.1) is 13.2 Å². The number of alkyl halides is 3. The van der Waals surface area contributed by atoms with E-state index in [4.69, 9.17) is 4.74 Å². The van der Waals surface area contributed by atoms with E-state index in [1.54, 1.807) is 0 Å². The molecule has 0 saturated heterocycles. The van der Waals surface area contributed by atoms with Crippen molar-refractivity contribution in [2.24, 2.45) is 0 Å². The molecule has 0 aliphatic heterocycles. The van der Waals surface area contributed by atoms with Crippen LogP contribution < -0.4 is 9.46 Å². The first-order valence-corrected chi connectivity index (χ1v) is 7.00. The zero-order valence-corrected chi connectivity index (χ0v) is 11.6. The van der Waals surface area contributed by atoms with Crippen molar-refractivity contribution in [3.05, 3.63) is 24.3 Å². The lowest BCUT2D eigenvalue weighted by Gasteiger charge is -2.16. The first-order chi connectivity index (χ1) is 9.15. The Kier molecular flexibility index (Phi) is 5.37. The number of nitrogens with one attached hydrogen (secondary N) is 1. The average Bonchev–Trinajstić information content (AvgIpc) is 2.26. The first kappa shape index (κ1) is 16.7. The number of rotatable bonds is 6. The second-order valence-electron chi connectivity index (χ2n) is 3.97. The minimum Gasteiger partial charge on any atom is -0.404 e. The fourth-order valence-corrected chi connectivity index (χ4v) is 2.85. The number of hydrogen-bond acceptors (Lipinski definition) is 4. The first-order valence-electron chi connectivity index (χ1n) is 5.52. The summed E-state index contributed by atoms with van der Waals surface area (Å²) in [5.41, 5.74) is 0. The molecule has 0 amide bonds. The van der Waals surface area contributed by atoms with Gasteiger partial charge in [0.1, 0.15) is 10.6 Å². The molecule has 0 heterocycles. The average molecular weight is 313 g/mol. The van der Waals surface area contributed by atoms with Crippen molar-refractivity contribution in [2.45, 2.75) is 24.2 Å².